The Morgan fingerprint density at radius 3 is 2.52 bits per heavy atom. The Morgan fingerprint density at radius 2 is 2.00 bits per heavy atom. The van der Waals surface area contributed by atoms with Crippen molar-refractivity contribution in [1.82, 2.24) is 4.31 Å². The Hall–Kier alpha value is -0.110. The molecule has 1 saturated heterocycles. The minimum absolute atomic E-state index is 0.151. The van der Waals surface area contributed by atoms with Gasteiger partial charge in [0.15, 0.2) is 0 Å². The molecule has 0 spiro atoms. The Labute approximate surface area is 143 Å². The fraction of sp³-hybridized carbons (Fsp3) is 0.385. The molecule has 21 heavy (non-hydrogen) atoms. The van der Waals surface area contributed by atoms with Crippen molar-refractivity contribution in [1.29, 1.82) is 0 Å². The lowest BCUT2D eigenvalue weighted by atomic mass is 10.3. The van der Waals surface area contributed by atoms with Gasteiger partial charge in [-0.15, -0.1) is 0 Å². The fourth-order valence-corrected chi connectivity index (χ4v) is 4.96. The quantitative estimate of drug-likeness (QED) is 0.815. The first-order chi connectivity index (χ1) is 9.80. The lowest BCUT2D eigenvalue weighted by molar-refractivity contribution is -0.898. The van der Waals surface area contributed by atoms with Gasteiger partial charge in [0, 0.05) is 4.47 Å². The highest BCUT2D eigenvalue weighted by Gasteiger charge is 2.31. The number of hydrogen-bond donors (Lipinski definition) is 1. The van der Waals surface area contributed by atoms with E-state index in [1.54, 1.807) is 12.1 Å². The lowest BCUT2D eigenvalue weighted by Crippen LogP contribution is -3.14. The molecule has 0 unspecified atom stereocenters. The van der Waals surface area contributed by atoms with Gasteiger partial charge >= 0.3 is 0 Å². The van der Waals surface area contributed by atoms with Crippen LogP contribution in [0.2, 0.25) is 5.02 Å². The summed E-state index contributed by atoms with van der Waals surface area (Å²) in [6, 6.07) is 4.80. The van der Waals surface area contributed by atoms with Gasteiger partial charge < -0.3 is 4.90 Å². The summed E-state index contributed by atoms with van der Waals surface area (Å²) in [5.74, 6) is 0. The third-order valence-electron chi connectivity index (χ3n) is 3.38. The topological polar surface area (TPSA) is 41.8 Å². The molecule has 0 radical (unpaired) electrons. The van der Waals surface area contributed by atoms with E-state index in [9.17, 15) is 8.42 Å². The van der Waals surface area contributed by atoms with Gasteiger partial charge in [0.05, 0.1) is 36.2 Å². The molecule has 1 N–H and O–H groups in total. The molecule has 8 heteroatoms. The third-order valence-corrected chi connectivity index (χ3v) is 6.39. The standard InChI is InChI=1S/C13H15BrCl2N2O2S/c1-10(15)9-17-4-6-18(7-5-17)21(19,20)13-3-2-11(14)8-12(13)16/h2-3,8H,1,4-7,9H2/p+1. The van der Waals surface area contributed by atoms with Gasteiger partial charge in [0.1, 0.15) is 11.4 Å². The summed E-state index contributed by atoms with van der Waals surface area (Å²) in [6.45, 7) is 6.66. The van der Waals surface area contributed by atoms with E-state index in [1.807, 2.05) is 0 Å². The molecule has 0 aromatic heterocycles. The minimum atomic E-state index is -3.55. The summed E-state index contributed by atoms with van der Waals surface area (Å²) in [7, 11) is -3.55. The van der Waals surface area contributed by atoms with Gasteiger partial charge in [0.2, 0.25) is 10.0 Å². The van der Waals surface area contributed by atoms with E-state index in [0.29, 0.717) is 37.8 Å². The summed E-state index contributed by atoms with van der Waals surface area (Å²) in [4.78, 5) is 1.39. The summed E-state index contributed by atoms with van der Waals surface area (Å²) in [5.41, 5.74) is 0. The van der Waals surface area contributed by atoms with E-state index in [4.69, 9.17) is 23.2 Å². The maximum atomic E-state index is 12.6. The third kappa shape index (κ3) is 4.21. The molecule has 1 heterocycles. The molecule has 1 aliphatic heterocycles. The monoisotopic (exact) mass is 413 g/mol. The number of benzene rings is 1. The number of nitrogens with one attached hydrogen (secondary N) is 1. The fourth-order valence-electron chi connectivity index (χ4n) is 2.31. The van der Waals surface area contributed by atoms with Crippen molar-refractivity contribution in [2.75, 3.05) is 32.7 Å². The van der Waals surface area contributed by atoms with Gasteiger partial charge in [-0.3, -0.25) is 0 Å². The molecule has 116 valence electrons. The molecule has 0 atom stereocenters. The molecule has 4 nitrogen and oxygen atoms in total. The molecule has 1 aromatic rings. The molecular weight excluding hydrogens is 399 g/mol. The summed E-state index contributed by atoms with van der Waals surface area (Å²) >= 11 is 15.1. The number of rotatable bonds is 4. The van der Waals surface area contributed by atoms with Crippen LogP contribution in [-0.4, -0.2) is 45.4 Å². The van der Waals surface area contributed by atoms with E-state index >= 15 is 0 Å². The smallest absolute Gasteiger partial charge is 0.244 e. The minimum Gasteiger partial charge on any atom is -0.328 e. The molecule has 0 amide bonds. The molecule has 1 aromatic carbocycles. The SMILES string of the molecule is C=C(Cl)C[NH+]1CCN(S(=O)(=O)c2ccc(Br)cc2Cl)CC1. The van der Waals surface area contributed by atoms with E-state index in [2.05, 4.69) is 22.5 Å². The Bertz CT molecular complexity index is 644. The van der Waals surface area contributed by atoms with E-state index < -0.39 is 10.0 Å². The number of quaternary nitrogens is 1. The normalized spacial score (nSPS) is 17.9. The second-order valence-corrected chi connectivity index (χ2v) is 8.69. The maximum absolute atomic E-state index is 12.6. The van der Waals surface area contributed by atoms with E-state index in [0.717, 1.165) is 4.47 Å². The largest absolute Gasteiger partial charge is 0.328 e. The number of sulfonamides is 1. The Morgan fingerprint density at radius 1 is 1.38 bits per heavy atom. The summed E-state index contributed by atoms with van der Waals surface area (Å²) in [5, 5.41) is 0.825. The Kier molecular flexibility index (Phi) is 5.73. The number of nitrogens with zero attached hydrogens (tertiary/aromatic N) is 1. The highest BCUT2D eigenvalue weighted by atomic mass is 79.9. The maximum Gasteiger partial charge on any atom is 0.244 e. The van der Waals surface area contributed by atoms with Crippen LogP contribution in [0, 0.1) is 0 Å². The molecule has 1 aliphatic rings. The van der Waals surface area contributed by atoms with Crippen LogP contribution in [-0.2, 0) is 10.0 Å². The average molecular weight is 415 g/mol. The predicted molar refractivity (Wildman–Crippen MR) is 88.5 cm³/mol. The van der Waals surface area contributed by atoms with Crippen LogP contribution in [0.5, 0.6) is 0 Å². The summed E-state index contributed by atoms with van der Waals surface area (Å²) in [6.07, 6.45) is 0. The van der Waals surface area contributed by atoms with Crippen molar-refractivity contribution in [3.63, 3.8) is 0 Å². The van der Waals surface area contributed by atoms with E-state index in [1.165, 1.54) is 15.3 Å². The second kappa shape index (κ2) is 6.98. The highest BCUT2D eigenvalue weighted by molar-refractivity contribution is 9.10. The van der Waals surface area contributed by atoms with Gasteiger partial charge in [-0.1, -0.05) is 45.7 Å². The lowest BCUT2D eigenvalue weighted by Gasteiger charge is -2.31. The number of piperazine rings is 1. The molecule has 1 fully saturated rings. The van der Waals surface area contributed by atoms with Gasteiger partial charge in [-0.25, -0.2) is 8.42 Å². The number of halogens is 3. The van der Waals surface area contributed by atoms with Crippen LogP contribution in [0.15, 0.2) is 39.2 Å². The van der Waals surface area contributed by atoms with Crippen LogP contribution < -0.4 is 4.90 Å². The van der Waals surface area contributed by atoms with Crippen molar-refractivity contribution < 1.29 is 13.3 Å². The van der Waals surface area contributed by atoms with Crippen molar-refractivity contribution in [3.05, 3.63) is 39.3 Å². The summed E-state index contributed by atoms with van der Waals surface area (Å²) < 4.78 is 27.5. The van der Waals surface area contributed by atoms with Crippen molar-refractivity contribution in [2.24, 2.45) is 0 Å². The first-order valence-corrected chi connectivity index (χ1v) is 9.41. The predicted octanol–water partition coefficient (Wildman–Crippen LogP) is 1.74. The molecule has 0 saturated carbocycles. The van der Waals surface area contributed by atoms with Crippen LogP contribution in [0.4, 0.5) is 0 Å². The Balaban J connectivity index is 2.13. The first kappa shape index (κ1) is 17.2. The van der Waals surface area contributed by atoms with E-state index in [-0.39, 0.29) is 9.92 Å². The second-order valence-electron chi connectivity index (χ2n) is 4.92. The van der Waals surface area contributed by atoms with Gasteiger partial charge in [-0.2, -0.15) is 4.31 Å². The zero-order valence-corrected chi connectivity index (χ0v) is 15.2. The molecule has 0 aliphatic carbocycles. The van der Waals surface area contributed by atoms with Crippen LogP contribution in [0.3, 0.4) is 0 Å². The van der Waals surface area contributed by atoms with Gasteiger partial charge in [-0.05, 0) is 18.2 Å². The molecular formula is C13H16BrCl2N2O2S+. The van der Waals surface area contributed by atoms with Crippen molar-refractivity contribution >= 4 is 49.2 Å². The molecule has 2 rings (SSSR count). The van der Waals surface area contributed by atoms with Crippen molar-refractivity contribution in [2.45, 2.75) is 4.90 Å². The van der Waals surface area contributed by atoms with Crippen LogP contribution in [0.25, 0.3) is 0 Å². The van der Waals surface area contributed by atoms with Crippen LogP contribution >= 0.6 is 39.1 Å². The van der Waals surface area contributed by atoms with Crippen molar-refractivity contribution in [3.8, 4) is 0 Å². The first-order valence-electron chi connectivity index (χ1n) is 6.43. The molecule has 0 bridgehead atoms. The highest BCUT2D eigenvalue weighted by Crippen LogP contribution is 2.27. The van der Waals surface area contributed by atoms with Gasteiger partial charge in [0.25, 0.3) is 0 Å². The zero-order chi connectivity index (χ0) is 15.6. The average Bonchev–Trinajstić information content (AvgIpc) is 2.38. The number of hydrogen-bond acceptors (Lipinski definition) is 2. The zero-order valence-electron chi connectivity index (χ0n) is 11.3. The van der Waals surface area contributed by atoms with Crippen LogP contribution in [0.1, 0.15) is 0 Å².